The predicted molar refractivity (Wildman–Crippen MR) is 321 cm³/mol. The van der Waals surface area contributed by atoms with Crippen molar-refractivity contribution in [3.63, 3.8) is 0 Å². The molecule has 0 spiro atoms. The number of halogens is 2. The van der Waals surface area contributed by atoms with Gasteiger partial charge in [0.2, 0.25) is 11.8 Å². The molecule has 476 valence electrons. The second-order valence-electron chi connectivity index (χ2n) is 22.4. The molecule has 2 aromatic carbocycles. The zero-order valence-electron chi connectivity index (χ0n) is 48.8. The number of fused-ring (bicyclic) bond motifs is 10. The van der Waals surface area contributed by atoms with Crippen LogP contribution >= 0.6 is 25.8 Å². The van der Waals surface area contributed by atoms with Gasteiger partial charge in [0, 0.05) is 37.9 Å². The number of anilines is 3. The van der Waals surface area contributed by atoms with Crippen LogP contribution in [0.3, 0.4) is 0 Å². The maximum absolute atomic E-state index is 17.1. The molecule has 5 aliphatic rings. The van der Waals surface area contributed by atoms with Gasteiger partial charge in [-0.3, -0.25) is 42.0 Å². The van der Waals surface area contributed by atoms with Gasteiger partial charge in [0.1, 0.15) is 61.4 Å². The highest BCUT2D eigenvalue weighted by molar-refractivity contribution is 8.44. The van der Waals surface area contributed by atoms with Crippen LogP contribution in [0.5, 0.6) is 0 Å². The number of imidazole rings is 2. The second-order valence-corrected chi connectivity index (χ2v) is 28.0. The normalized spacial score (nSPS) is 26.6. The van der Waals surface area contributed by atoms with E-state index in [0.717, 1.165) is 6.33 Å². The van der Waals surface area contributed by atoms with Crippen LogP contribution < -0.4 is 26.2 Å². The minimum absolute atomic E-state index is 0.00660. The van der Waals surface area contributed by atoms with Crippen LogP contribution in [0.2, 0.25) is 0 Å². The van der Waals surface area contributed by atoms with Crippen molar-refractivity contribution in [2.45, 2.75) is 122 Å². The monoisotopic (exact) mass is 1310 g/mol. The molecule has 3 saturated heterocycles. The maximum atomic E-state index is 17.1. The Labute approximate surface area is 517 Å². The third-order valence-corrected chi connectivity index (χ3v) is 17.5. The number of carbonyl (C=O) groups is 5. The van der Waals surface area contributed by atoms with Crippen LogP contribution in [0.25, 0.3) is 22.3 Å². The smallest absolute Gasteiger partial charge is 0.410 e. The van der Waals surface area contributed by atoms with Crippen LogP contribution in [-0.4, -0.2) is 167 Å². The lowest BCUT2D eigenvalue weighted by molar-refractivity contribution is -0.128. The summed E-state index contributed by atoms with van der Waals surface area (Å²) in [5.41, 5.74) is 1.01. The molecular weight excluding hydrogens is 1250 g/mol. The van der Waals surface area contributed by atoms with Crippen molar-refractivity contribution in [1.82, 2.24) is 54.6 Å². The van der Waals surface area contributed by atoms with Crippen LogP contribution in [0.4, 0.5) is 35.7 Å². The highest BCUT2D eigenvalue weighted by Gasteiger charge is 2.54. The van der Waals surface area contributed by atoms with Gasteiger partial charge in [-0.15, -0.1) is 0 Å². The van der Waals surface area contributed by atoms with Crippen molar-refractivity contribution in [3.05, 3.63) is 103 Å². The Hall–Kier alpha value is -7.16. The van der Waals surface area contributed by atoms with E-state index >= 15 is 13.6 Å². The van der Waals surface area contributed by atoms with E-state index in [1.54, 1.807) is 95.3 Å². The Bertz CT molecular complexity index is 3770. The van der Waals surface area contributed by atoms with Crippen molar-refractivity contribution in [2.75, 3.05) is 48.9 Å². The van der Waals surface area contributed by atoms with Gasteiger partial charge in [-0.1, -0.05) is 68.6 Å². The molecule has 3 fully saturated rings. The first-order valence-electron chi connectivity index (χ1n) is 27.9. The molecule has 5 amide bonds. The fourth-order valence-corrected chi connectivity index (χ4v) is 12.9. The van der Waals surface area contributed by atoms with Crippen molar-refractivity contribution in [3.8, 4) is 0 Å². The Morgan fingerprint density at radius 2 is 1.47 bits per heavy atom. The third kappa shape index (κ3) is 14.9. The Kier molecular flexibility index (Phi) is 19.5. The average Bonchev–Trinajstić information content (AvgIpc) is 3.95. The quantitative estimate of drug-likeness (QED) is 0.0452. The number of nitrogens with zero attached hydrogens (tertiary/aromatic N) is 10. The van der Waals surface area contributed by atoms with Gasteiger partial charge in [0.15, 0.2) is 58.8 Å². The number of amides is 5. The molecule has 9 heterocycles. The number of nitrogens with one attached hydrogen (secondary N) is 4. The zero-order chi connectivity index (χ0) is 63.7. The molecule has 0 aliphatic carbocycles. The second kappa shape index (κ2) is 26.7. The summed E-state index contributed by atoms with van der Waals surface area (Å²) in [5, 5.41) is 11.1. The minimum atomic E-state index is -4.55. The number of hydrogen-bond acceptors (Lipinski definition) is 22. The summed E-state index contributed by atoms with van der Waals surface area (Å²) in [5.74, 6) is -1.83. The molecule has 4 aromatic heterocycles. The Balaban J connectivity index is 0.866. The van der Waals surface area contributed by atoms with Gasteiger partial charge in [0.05, 0.1) is 25.9 Å². The molecule has 29 nitrogen and oxygen atoms in total. The molecular formula is C54H64F2N14O15P2S2. The van der Waals surface area contributed by atoms with Crippen LogP contribution in [0.1, 0.15) is 75.5 Å². The van der Waals surface area contributed by atoms with E-state index in [1.165, 1.54) is 51.9 Å². The van der Waals surface area contributed by atoms with E-state index in [2.05, 4.69) is 63.4 Å². The number of hydrogen-bond donors (Lipinski definition) is 6. The number of ether oxygens (including phenoxy) is 4. The van der Waals surface area contributed by atoms with E-state index in [-0.39, 0.29) is 71.7 Å². The topological polar surface area (TPSA) is 338 Å². The lowest BCUT2D eigenvalue weighted by Crippen LogP contribution is -2.54. The Morgan fingerprint density at radius 3 is 2.15 bits per heavy atom. The molecule has 0 radical (unpaired) electrons. The third-order valence-electron chi connectivity index (χ3n) is 14.4. The molecule has 35 heteroatoms. The lowest BCUT2D eigenvalue weighted by Gasteiger charge is -2.29. The summed E-state index contributed by atoms with van der Waals surface area (Å²) in [6.07, 6.45) is -7.15. The van der Waals surface area contributed by atoms with E-state index in [1.807, 2.05) is 0 Å². The van der Waals surface area contributed by atoms with E-state index < -0.39 is 124 Å². The highest BCUT2D eigenvalue weighted by atomic mass is 32.7. The molecule has 6 aromatic rings. The maximum Gasteiger partial charge on any atom is 0.410 e. The van der Waals surface area contributed by atoms with Crippen LogP contribution in [0, 0.1) is 5.92 Å². The van der Waals surface area contributed by atoms with Gasteiger partial charge in [-0.05, 0) is 74.7 Å². The first kappa shape index (κ1) is 64.8. The summed E-state index contributed by atoms with van der Waals surface area (Å²) in [6.45, 7) is -0.681. The number of benzene rings is 2. The molecule has 5 N–H and O–H groups in total. The molecule has 89 heavy (non-hydrogen) atoms. The van der Waals surface area contributed by atoms with Gasteiger partial charge in [0.25, 0.3) is 5.91 Å². The van der Waals surface area contributed by atoms with E-state index in [9.17, 15) is 28.6 Å². The Morgan fingerprint density at radius 1 is 0.843 bits per heavy atom. The van der Waals surface area contributed by atoms with Crippen molar-refractivity contribution in [2.24, 2.45) is 5.92 Å². The number of aromatic nitrogens is 8. The van der Waals surface area contributed by atoms with E-state index in [0.29, 0.717) is 16.8 Å². The number of carbonyl (C=O) groups excluding carboxylic acids is 5. The summed E-state index contributed by atoms with van der Waals surface area (Å²) >= 11 is 9.47. The largest absolute Gasteiger partial charge is 0.445 e. The first-order valence-corrected chi connectivity index (χ1v) is 33.1. The number of alkyl halides is 2. The highest BCUT2D eigenvalue weighted by Crippen LogP contribution is 2.59. The van der Waals surface area contributed by atoms with Crippen molar-refractivity contribution < 1.29 is 79.3 Å². The van der Waals surface area contributed by atoms with Crippen molar-refractivity contribution >= 4 is 107 Å². The van der Waals surface area contributed by atoms with Crippen LogP contribution in [0.15, 0.2) is 86.0 Å². The molecule has 5 aliphatic heterocycles. The fraction of sp³-hybridized carbons (Fsp3) is 0.463. The molecule has 0 saturated carbocycles. The summed E-state index contributed by atoms with van der Waals surface area (Å²) in [4.78, 5) is 108. The minimum Gasteiger partial charge on any atom is -0.445 e. The zero-order valence-corrected chi connectivity index (χ0v) is 52.3. The van der Waals surface area contributed by atoms with Crippen LogP contribution in [-0.2, 0) is 76.2 Å². The summed E-state index contributed by atoms with van der Waals surface area (Å²) in [6, 6.07) is 11.1. The van der Waals surface area contributed by atoms with E-state index in [4.69, 9.17) is 48.8 Å². The molecule has 2 unspecified atom stereocenters. The number of alkyl carbamates (subject to hydrolysis) is 1. The first-order chi connectivity index (χ1) is 42.2. The average molecular weight is 1310 g/mol. The standard InChI is InChI=1S/C54H64F2N14O15P2S2/c1-28(2)38(66-52(74)83-54(4,5)6)48(72)64-29(3)47(71)65-32-16-14-30(15-17-32)21-78-53(75)67(7)20-31-12-8-9-13-33(31)49(73)68-19-11-10-18-57-43-39-44(59-24-58-43)69(26-62-39)50-36(55)41-34(81-50)22-79-87(77,89)85-42-35(23-80-86(76,88)84-41)82-51(37(42)56)70-27-63-40-45(68)60-25-61-46(40)70/h8-17,24-29,34-38,41-42,50-51H,18-23H2,1-7H3,(H,64,72)(H,65,71)(H,66,74)(H,76,88)(H,77,89)(H,57,58,59)/b11-10+/t29-,34+,35+,36+,37+,38-,41+,42+,50+,51+,86?,87?/m0/s1. The van der Waals surface area contributed by atoms with Gasteiger partial charge < -0.3 is 54.5 Å². The summed E-state index contributed by atoms with van der Waals surface area (Å²) in [7, 11) is 1.49. The van der Waals surface area contributed by atoms with Gasteiger partial charge in [-0.25, -0.2) is 52.8 Å². The van der Waals surface area contributed by atoms with Crippen molar-refractivity contribution in [1.29, 1.82) is 0 Å². The number of rotatable bonds is 11. The van der Waals surface area contributed by atoms with Gasteiger partial charge >= 0.3 is 25.7 Å². The predicted octanol–water partition coefficient (Wildman–Crippen LogP) is 6.60. The SMILES string of the molecule is CC(C)[C@H](NC(=O)OC(C)(C)C)C(=O)N[C@@H](C)C(=O)Nc1ccc(COC(=O)N(C)Cc2ccccc2C(=O)N2C/C=C/CNc3ncnc4c3ncn4[C@@H]3O[C@@H]4COP(O)(=S)O[C@H]5[C@@H](F)[C@@H](O[C@@H]5COP(=O)(S)O[C@H]4[C@H]3F)n3cnc4c2ncnc43)cc1. The summed E-state index contributed by atoms with van der Waals surface area (Å²) < 4.78 is 96.0. The van der Waals surface area contributed by atoms with Gasteiger partial charge in [-0.2, -0.15) is 0 Å². The number of thiol groups is 1. The fourth-order valence-electron chi connectivity index (χ4n) is 10.00. The molecule has 14 bridgehead atoms. The molecule has 12 atom stereocenters. The molecule has 11 rings (SSSR count). The lowest BCUT2D eigenvalue weighted by atomic mass is 10.0.